The molecule has 0 aromatic carbocycles. The Hall–Kier alpha value is -1.17. The highest BCUT2D eigenvalue weighted by molar-refractivity contribution is 5.71. The van der Waals surface area contributed by atoms with Crippen molar-refractivity contribution in [3.05, 3.63) is 0 Å². The molecule has 4 saturated heterocycles. The van der Waals surface area contributed by atoms with Gasteiger partial charge >= 0.3 is 5.97 Å². The fourth-order valence-corrected chi connectivity index (χ4v) is 6.55. The fourth-order valence-electron chi connectivity index (χ4n) is 6.55. The quantitative estimate of drug-likeness (QED) is 0.0997. The predicted molar refractivity (Wildman–Crippen MR) is 176 cm³/mol. The number of rotatable bonds is 10. The van der Waals surface area contributed by atoms with Crippen LogP contribution in [-0.4, -0.2) is 171 Å². The van der Waals surface area contributed by atoms with Crippen LogP contribution in [0, 0.1) is 35.5 Å². The van der Waals surface area contributed by atoms with Gasteiger partial charge in [-0.1, -0.05) is 49.0 Å². The number of carbonyl (C=O) groups is 1. The molecular weight excluding hydrogens is 682 g/mol. The number of aliphatic hydroxyl groups is 9. The second kappa shape index (κ2) is 20.5. The van der Waals surface area contributed by atoms with Gasteiger partial charge in [-0.2, -0.15) is 0 Å². The van der Waals surface area contributed by atoms with Crippen molar-refractivity contribution in [2.75, 3.05) is 33.0 Å². The maximum absolute atomic E-state index is 11.1. The predicted octanol–water partition coefficient (Wildman–Crippen LogP) is -3.00. The van der Waals surface area contributed by atoms with Crippen molar-refractivity contribution in [2.45, 2.75) is 135 Å². The number of carbonyl (C=O) groups excluding carboxylic acids is 1. The molecule has 4 aliphatic heterocycles. The first-order valence-electron chi connectivity index (χ1n) is 17.2. The zero-order valence-electron chi connectivity index (χ0n) is 29.5. The second-order valence-electron chi connectivity index (χ2n) is 14.0. The van der Waals surface area contributed by atoms with Gasteiger partial charge in [-0.15, -0.1) is 0 Å². The molecule has 0 saturated carbocycles. The molecule has 0 aromatic heterocycles. The monoisotopic (exact) mass is 745 g/mol. The van der Waals surface area contributed by atoms with Crippen molar-refractivity contribution < 1.29 is 83.9 Å². The van der Waals surface area contributed by atoms with Crippen LogP contribution in [-0.2, 0) is 38.0 Å². The van der Waals surface area contributed by atoms with E-state index in [0.717, 1.165) is 0 Å². The Morgan fingerprint density at radius 1 is 0.510 bits per heavy atom. The molecule has 4 aliphatic rings. The maximum Gasteiger partial charge on any atom is 0.319 e. The highest BCUT2D eigenvalue weighted by atomic mass is 16.8. The minimum Gasteiger partial charge on any atom is -0.462 e. The normalized spacial score (nSPS) is 47.4. The first kappa shape index (κ1) is 46.0. The van der Waals surface area contributed by atoms with E-state index in [2.05, 4.69) is 41.5 Å². The van der Waals surface area contributed by atoms with E-state index in [9.17, 15) is 45.6 Å². The number of nitrogens with two attached hydrogens (primary N) is 1. The van der Waals surface area contributed by atoms with Crippen LogP contribution in [0.4, 0.5) is 0 Å². The zero-order valence-corrected chi connectivity index (χ0v) is 29.5. The number of hydrogen-bond donors (Lipinski definition) is 10. The molecule has 8 unspecified atom stereocenters. The summed E-state index contributed by atoms with van der Waals surface area (Å²) in [6, 6.07) is 0. The maximum atomic E-state index is 11.1. The minimum absolute atomic E-state index is 0. The lowest BCUT2D eigenvalue weighted by Gasteiger charge is -2.47. The van der Waals surface area contributed by atoms with Crippen molar-refractivity contribution in [2.24, 2.45) is 41.2 Å². The van der Waals surface area contributed by atoms with E-state index in [-0.39, 0.29) is 57.3 Å². The molecule has 0 radical (unpaired) electrons. The lowest BCUT2D eigenvalue weighted by molar-refractivity contribution is -0.376. The van der Waals surface area contributed by atoms with Gasteiger partial charge in [0.15, 0.2) is 25.2 Å². The van der Waals surface area contributed by atoms with Crippen molar-refractivity contribution in [3.8, 4) is 0 Å². The van der Waals surface area contributed by atoms with E-state index in [1.165, 1.54) is 0 Å². The van der Waals surface area contributed by atoms with E-state index < -0.39 is 87.1 Å². The SMILES string of the molecule is C.CC1[C@H](C)C(CO)O[C@H](O[C@H]2OC(CO)[C@@H](C)[C@H](C)C2C)[C@@H]1C.NCC(=O)OCC1O[C@H](O[C@H]2OC(CO)[C@@H](O)C(O)[C@H]2O)C(O)[C@@H](O)[C@@H]1O. The van der Waals surface area contributed by atoms with Crippen LogP contribution in [0.2, 0.25) is 0 Å². The van der Waals surface area contributed by atoms with E-state index in [1.807, 2.05) is 0 Å². The van der Waals surface area contributed by atoms with E-state index >= 15 is 0 Å². The van der Waals surface area contributed by atoms with Crippen LogP contribution >= 0.6 is 0 Å². The summed E-state index contributed by atoms with van der Waals surface area (Å²) >= 11 is 0. The average Bonchev–Trinajstić information content (AvgIpc) is 3.11. The highest BCUT2D eigenvalue weighted by Gasteiger charge is 2.50. The van der Waals surface area contributed by atoms with Gasteiger partial charge in [0.25, 0.3) is 0 Å². The summed E-state index contributed by atoms with van der Waals surface area (Å²) < 4.78 is 38.5. The molecular formula is C33H63NO17. The Kier molecular flexibility index (Phi) is 18.5. The van der Waals surface area contributed by atoms with Gasteiger partial charge in [0, 0.05) is 11.8 Å². The Morgan fingerprint density at radius 3 is 1.25 bits per heavy atom. The summed E-state index contributed by atoms with van der Waals surface area (Å²) in [5.74, 6) is 1.05. The molecule has 20 atom stereocenters. The van der Waals surface area contributed by atoms with E-state index in [1.54, 1.807) is 0 Å². The highest BCUT2D eigenvalue weighted by Crippen LogP contribution is 2.40. The van der Waals surface area contributed by atoms with Crippen LogP contribution in [0.3, 0.4) is 0 Å². The number of ether oxygens (including phenoxy) is 7. The second-order valence-corrected chi connectivity index (χ2v) is 14.0. The third kappa shape index (κ3) is 10.7. The van der Waals surface area contributed by atoms with Crippen LogP contribution in [0.25, 0.3) is 0 Å². The van der Waals surface area contributed by atoms with E-state index in [4.69, 9.17) is 44.0 Å². The van der Waals surface area contributed by atoms with Crippen LogP contribution in [0.5, 0.6) is 0 Å². The lowest BCUT2D eigenvalue weighted by Crippen LogP contribution is -2.63. The summed E-state index contributed by atoms with van der Waals surface area (Å²) in [6.07, 6.45) is -17.3. The molecule has 51 heavy (non-hydrogen) atoms. The summed E-state index contributed by atoms with van der Waals surface area (Å²) in [4.78, 5) is 11.1. The molecule has 0 bridgehead atoms. The molecule has 4 rings (SSSR count). The van der Waals surface area contributed by atoms with Crippen molar-refractivity contribution in [1.82, 2.24) is 0 Å². The van der Waals surface area contributed by atoms with Crippen molar-refractivity contribution in [1.29, 1.82) is 0 Å². The molecule has 4 heterocycles. The lowest BCUT2D eigenvalue weighted by atomic mass is 9.78. The molecule has 11 N–H and O–H groups in total. The van der Waals surface area contributed by atoms with Crippen molar-refractivity contribution in [3.63, 3.8) is 0 Å². The zero-order chi connectivity index (χ0) is 37.6. The summed E-state index contributed by atoms with van der Waals surface area (Å²) in [7, 11) is 0. The molecule has 0 aliphatic carbocycles. The molecule has 302 valence electrons. The molecule has 18 heteroatoms. The first-order chi connectivity index (χ1) is 23.5. The number of esters is 1. The Labute approximate surface area is 299 Å². The van der Waals surface area contributed by atoms with Gasteiger partial charge in [-0.3, -0.25) is 4.79 Å². The summed E-state index contributed by atoms with van der Waals surface area (Å²) in [5, 5.41) is 87.6. The first-order valence-corrected chi connectivity index (χ1v) is 17.2. The van der Waals surface area contributed by atoms with Crippen LogP contribution in [0.15, 0.2) is 0 Å². The largest absolute Gasteiger partial charge is 0.462 e. The van der Waals surface area contributed by atoms with Gasteiger partial charge in [-0.25, -0.2) is 0 Å². The standard InChI is InChI=1S/C18H34O5.C14H25NO12.CH4/c1-9-11(3)15(7-19)21-17(13(9)5)23-18-14(6)10(2)12(4)16(8-20)22-18;15-1-6(17)24-3-5-8(19)10(21)12(23)14(26-5)27-13-11(22)9(20)7(18)4(2-16)25-13;/h9-20H,7-8H2,1-6H3;4-5,7-14,16,18-23H,1-3,15H2;1H4/t9-,10?,11-,12-,13?,14+,15?,16?,17+,18+;4?,5?,7-,8-,9?,10+,11-,12?,13-,14-;/m01./s1. The molecule has 0 amide bonds. The summed E-state index contributed by atoms with van der Waals surface area (Å²) in [6.45, 7) is 11.2. The molecule has 0 aromatic rings. The molecule has 0 spiro atoms. The third-order valence-electron chi connectivity index (χ3n) is 11.0. The summed E-state index contributed by atoms with van der Waals surface area (Å²) in [5.41, 5.74) is 5.09. The Morgan fingerprint density at radius 2 is 0.863 bits per heavy atom. The number of aliphatic hydroxyl groups excluding tert-OH is 9. The van der Waals surface area contributed by atoms with Crippen molar-refractivity contribution >= 4 is 5.97 Å². The molecule has 4 fully saturated rings. The Bertz CT molecular complexity index is 990. The number of hydrogen-bond acceptors (Lipinski definition) is 18. The van der Waals surface area contributed by atoms with Gasteiger partial charge in [0.1, 0.15) is 55.4 Å². The minimum atomic E-state index is -1.78. The Balaban J connectivity index is 0.000000351. The van der Waals surface area contributed by atoms with Gasteiger partial charge < -0.3 is 84.9 Å². The fraction of sp³-hybridized carbons (Fsp3) is 0.970. The van der Waals surface area contributed by atoms with Gasteiger partial charge in [0.05, 0.1) is 38.6 Å². The smallest absolute Gasteiger partial charge is 0.319 e. The van der Waals surface area contributed by atoms with Crippen LogP contribution < -0.4 is 5.73 Å². The topological polar surface area (TPSA) is 290 Å². The van der Waals surface area contributed by atoms with Crippen LogP contribution in [0.1, 0.15) is 49.0 Å². The third-order valence-corrected chi connectivity index (χ3v) is 11.0. The van der Waals surface area contributed by atoms with E-state index in [0.29, 0.717) is 23.7 Å². The van der Waals surface area contributed by atoms with Gasteiger partial charge in [-0.05, 0) is 23.7 Å². The van der Waals surface area contributed by atoms with Gasteiger partial charge in [0.2, 0.25) is 0 Å². The average molecular weight is 746 g/mol. The molecule has 18 nitrogen and oxygen atoms in total.